The van der Waals surface area contributed by atoms with Gasteiger partial charge in [-0.05, 0) is 12.8 Å². The number of aliphatic hydroxyl groups is 1. The van der Waals surface area contributed by atoms with E-state index in [1.165, 1.54) is 0 Å². The van der Waals surface area contributed by atoms with E-state index in [4.69, 9.17) is 0 Å². The number of nitrogens with zero attached hydrogens (tertiary/aromatic N) is 3. The van der Waals surface area contributed by atoms with Crippen LogP contribution in [0.3, 0.4) is 0 Å². The van der Waals surface area contributed by atoms with Crippen molar-refractivity contribution in [2.45, 2.75) is 26.5 Å². The Labute approximate surface area is 83.2 Å². The minimum absolute atomic E-state index is 0.199. The van der Waals surface area contributed by atoms with E-state index in [-0.39, 0.29) is 6.10 Å². The Morgan fingerprint density at radius 1 is 1.57 bits per heavy atom. The third-order valence-corrected chi connectivity index (χ3v) is 2.66. The van der Waals surface area contributed by atoms with E-state index in [1.54, 1.807) is 0 Å². The highest BCUT2D eigenvalue weighted by Crippen LogP contribution is 2.17. The van der Waals surface area contributed by atoms with Gasteiger partial charge in [0.1, 0.15) is 5.82 Å². The first-order chi connectivity index (χ1) is 6.65. The Kier molecular flexibility index (Phi) is 2.52. The number of β-amino-alcohol motifs (C(OH)–C–C–N with tert-alkyl or cyclic N) is 1. The van der Waals surface area contributed by atoms with E-state index in [2.05, 4.69) is 27.0 Å². The molecule has 1 fully saturated rings. The van der Waals surface area contributed by atoms with Crippen LogP contribution in [0, 0.1) is 12.8 Å². The van der Waals surface area contributed by atoms with Crippen LogP contribution in [-0.2, 0) is 6.54 Å². The van der Waals surface area contributed by atoms with Gasteiger partial charge in [-0.3, -0.25) is 10.00 Å². The lowest BCUT2D eigenvalue weighted by atomic mass is 10.1. The van der Waals surface area contributed by atoms with Crippen LogP contribution in [0.25, 0.3) is 0 Å². The van der Waals surface area contributed by atoms with Gasteiger partial charge in [-0.1, -0.05) is 6.92 Å². The number of nitrogens with one attached hydrogen (secondary N) is 1. The van der Waals surface area contributed by atoms with Crippen molar-refractivity contribution < 1.29 is 5.11 Å². The molecule has 78 valence electrons. The van der Waals surface area contributed by atoms with Gasteiger partial charge in [0.25, 0.3) is 0 Å². The molecule has 1 aliphatic heterocycles. The number of likely N-dealkylation sites (tertiary alicyclic amines) is 1. The van der Waals surface area contributed by atoms with Crippen molar-refractivity contribution in [3.05, 3.63) is 11.6 Å². The fraction of sp³-hybridized carbons (Fsp3) is 0.778. The topological polar surface area (TPSA) is 65.0 Å². The number of hydrogen-bond acceptors (Lipinski definition) is 4. The number of H-pyrrole nitrogens is 1. The van der Waals surface area contributed by atoms with Crippen molar-refractivity contribution in [3.63, 3.8) is 0 Å². The number of hydrogen-bond donors (Lipinski definition) is 2. The molecule has 14 heavy (non-hydrogen) atoms. The largest absolute Gasteiger partial charge is 0.391 e. The second-order valence-corrected chi connectivity index (χ2v) is 4.08. The van der Waals surface area contributed by atoms with Crippen LogP contribution in [0.4, 0.5) is 0 Å². The molecule has 0 aromatic carbocycles. The SMILES string of the molecule is Cc1nc(CN2CC(C)C(O)C2)n[nH]1. The van der Waals surface area contributed by atoms with E-state index in [1.807, 2.05) is 6.92 Å². The van der Waals surface area contributed by atoms with Crippen LogP contribution < -0.4 is 0 Å². The number of aliphatic hydroxyl groups excluding tert-OH is 1. The average molecular weight is 196 g/mol. The molecule has 2 unspecified atom stereocenters. The molecule has 0 amide bonds. The summed E-state index contributed by atoms with van der Waals surface area (Å²) in [6, 6.07) is 0. The molecule has 1 aromatic rings. The fourth-order valence-corrected chi connectivity index (χ4v) is 1.84. The van der Waals surface area contributed by atoms with Gasteiger partial charge in [0.2, 0.25) is 0 Å². The van der Waals surface area contributed by atoms with Gasteiger partial charge >= 0.3 is 0 Å². The molecule has 5 heteroatoms. The first kappa shape index (κ1) is 9.61. The highest BCUT2D eigenvalue weighted by atomic mass is 16.3. The summed E-state index contributed by atoms with van der Waals surface area (Å²) in [5, 5.41) is 16.4. The van der Waals surface area contributed by atoms with Gasteiger partial charge in [0.05, 0.1) is 12.6 Å². The summed E-state index contributed by atoms with van der Waals surface area (Å²) in [4.78, 5) is 6.41. The maximum atomic E-state index is 9.56. The summed E-state index contributed by atoms with van der Waals surface area (Å²) in [7, 11) is 0. The summed E-state index contributed by atoms with van der Waals surface area (Å²) in [5.41, 5.74) is 0. The predicted molar refractivity (Wildman–Crippen MR) is 51.6 cm³/mol. The zero-order valence-corrected chi connectivity index (χ0v) is 8.56. The molecule has 0 radical (unpaired) electrons. The first-order valence-corrected chi connectivity index (χ1v) is 4.93. The van der Waals surface area contributed by atoms with E-state index in [9.17, 15) is 5.11 Å². The summed E-state index contributed by atoms with van der Waals surface area (Å²) >= 11 is 0. The molecule has 2 heterocycles. The Hall–Kier alpha value is -0.940. The summed E-state index contributed by atoms with van der Waals surface area (Å²) in [5.74, 6) is 2.01. The quantitative estimate of drug-likeness (QED) is 0.694. The molecule has 0 bridgehead atoms. The molecule has 0 spiro atoms. The van der Waals surface area contributed by atoms with Gasteiger partial charge in [0.15, 0.2) is 5.82 Å². The Balaban J connectivity index is 1.93. The molecule has 1 saturated heterocycles. The fourth-order valence-electron chi connectivity index (χ4n) is 1.84. The normalized spacial score (nSPS) is 28.5. The maximum Gasteiger partial charge on any atom is 0.164 e. The van der Waals surface area contributed by atoms with Crippen LogP contribution in [0.2, 0.25) is 0 Å². The van der Waals surface area contributed by atoms with Crippen LogP contribution in [-0.4, -0.2) is 44.4 Å². The molecule has 5 nitrogen and oxygen atoms in total. The molecule has 1 aliphatic rings. The minimum atomic E-state index is -0.199. The lowest BCUT2D eigenvalue weighted by Gasteiger charge is -2.11. The van der Waals surface area contributed by atoms with Crippen molar-refractivity contribution in [1.29, 1.82) is 0 Å². The third-order valence-electron chi connectivity index (χ3n) is 2.66. The maximum absolute atomic E-state index is 9.56. The van der Waals surface area contributed by atoms with Crippen molar-refractivity contribution in [1.82, 2.24) is 20.1 Å². The van der Waals surface area contributed by atoms with Crippen LogP contribution in [0.1, 0.15) is 18.6 Å². The molecule has 2 N–H and O–H groups in total. The molecule has 0 saturated carbocycles. The van der Waals surface area contributed by atoms with Gasteiger partial charge in [-0.15, -0.1) is 0 Å². The van der Waals surface area contributed by atoms with E-state index >= 15 is 0 Å². The van der Waals surface area contributed by atoms with Gasteiger partial charge in [-0.2, -0.15) is 5.10 Å². The van der Waals surface area contributed by atoms with Crippen molar-refractivity contribution in [2.24, 2.45) is 5.92 Å². The standard InChI is InChI=1S/C9H16N4O/c1-6-3-13(4-8(6)14)5-9-10-7(2)11-12-9/h6,8,14H,3-5H2,1-2H3,(H,10,11,12). The highest BCUT2D eigenvalue weighted by molar-refractivity contribution is 4.90. The molecular formula is C9H16N4O. The summed E-state index contributed by atoms with van der Waals surface area (Å²) < 4.78 is 0. The van der Waals surface area contributed by atoms with E-state index < -0.39 is 0 Å². The lowest BCUT2D eigenvalue weighted by molar-refractivity contribution is 0.147. The molecule has 2 atom stereocenters. The second kappa shape index (κ2) is 3.67. The summed E-state index contributed by atoms with van der Waals surface area (Å²) in [6.45, 7) is 6.33. The zero-order valence-electron chi connectivity index (χ0n) is 8.56. The highest BCUT2D eigenvalue weighted by Gasteiger charge is 2.28. The van der Waals surface area contributed by atoms with Gasteiger partial charge in [0, 0.05) is 13.1 Å². The van der Waals surface area contributed by atoms with Crippen molar-refractivity contribution in [3.8, 4) is 0 Å². The smallest absolute Gasteiger partial charge is 0.164 e. The number of rotatable bonds is 2. The van der Waals surface area contributed by atoms with Crippen LogP contribution >= 0.6 is 0 Å². The lowest BCUT2D eigenvalue weighted by Crippen LogP contribution is -2.22. The van der Waals surface area contributed by atoms with E-state index in [0.717, 1.165) is 31.3 Å². The van der Waals surface area contributed by atoms with Crippen LogP contribution in [0.5, 0.6) is 0 Å². The van der Waals surface area contributed by atoms with Gasteiger partial charge < -0.3 is 5.11 Å². The molecule has 0 aliphatic carbocycles. The Morgan fingerprint density at radius 2 is 2.36 bits per heavy atom. The van der Waals surface area contributed by atoms with Crippen molar-refractivity contribution in [2.75, 3.05) is 13.1 Å². The van der Waals surface area contributed by atoms with Gasteiger partial charge in [-0.25, -0.2) is 4.98 Å². The molecule has 1 aromatic heterocycles. The number of aromatic nitrogens is 3. The summed E-state index contributed by atoms with van der Waals surface area (Å²) in [6.07, 6.45) is -0.199. The predicted octanol–water partition coefficient (Wildman–Crippen LogP) is -0.0743. The first-order valence-electron chi connectivity index (χ1n) is 4.93. The average Bonchev–Trinajstić information content (AvgIpc) is 2.62. The minimum Gasteiger partial charge on any atom is -0.391 e. The number of aromatic amines is 1. The molecule has 2 rings (SSSR count). The zero-order chi connectivity index (χ0) is 10.1. The number of aryl methyl sites for hydroxylation is 1. The Morgan fingerprint density at radius 3 is 2.86 bits per heavy atom. The monoisotopic (exact) mass is 196 g/mol. The van der Waals surface area contributed by atoms with E-state index in [0.29, 0.717) is 5.92 Å². The van der Waals surface area contributed by atoms with Crippen molar-refractivity contribution >= 4 is 0 Å². The van der Waals surface area contributed by atoms with Crippen LogP contribution in [0.15, 0.2) is 0 Å². The third kappa shape index (κ3) is 1.93. The second-order valence-electron chi connectivity index (χ2n) is 4.08. The molecular weight excluding hydrogens is 180 g/mol. The Bertz CT molecular complexity index is 302.